The van der Waals surface area contributed by atoms with Gasteiger partial charge in [-0.05, 0) is 61.1 Å². The van der Waals surface area contributed by atoms with E-state index in [0.29, 0.717) is 12.0 Å². The standard InChI is InChI=1S/C52H85N15O17/c1-8-25(5)40(65-38(72)22-59-48(80)42(67-43(75)30(53)20-39(73)74)27(7)28-12-14-29(69)15-13-28)49(81)62-33(19-24(3)4)45(77)60-31(16-17-36(54)70)44(76)66-41(26(6)9-2)50(82)63-34(21-37(55)71)46(78)64-35(23-68)47(79)61-32(51(83)84)11-10-18-58-52(56)57/h12-15,24-27,30-35,40-42,68-69H,8-11,16-23,53H2,1-7H3,(H2,54,70)(H2,55,71)(H,59,80)(H,60,77)(H,61,79)(H,62,81)(H,63,82)(H,64,78)(H,65,72)(H,66,76)(H,67,75)(H,73,74)(H,83,84)(H4,56,57,58)/t25-,26-,27?,30-,31-,32-,33-,34-,35-,40-,41-,42-/m0/s1. The molecule has 32 nitrogen and oxygen atoms in total. The van der Waals surface area contributed by atoms with Crippen molar-refractivity contribution in [3.63, 3.8) is 0 Å². The number of hydrogen-bond acceptors (Lipinski definition) is 17. The van der Waals surface area contributed by atoms with Crippen LogP contribution in [-0.4, -0.2) is 177 Å². The van der Waals surface area contributed by atoms with Gasteiger partial charge in [0.15, 0.2) is 5.96 Å². The number of carbonyl (C=O) groups is 13. The zero-order chi connectivity index (χ0) is 64.1. The lowest BCUT2D eigenvalue weighted by molar-refractivity contribution is -0.143. The number of aliphatic hydroxyl groups excluding tert-OH is 1. The van der Waals surface area contributed by atoms with E-state index >= 15 is 0 Å². The summed E-state index contributed by atoms with van der Waals surface area (Å²) in [4.78, 5) is 174. The summed E-state index contributed by atoms with van der Waals surface area (Å²) in [6, 6.07) is -8.46. The second-order valence-electron chi connectivity index (χ2n) is 20.7. The Hall–Kier alpha value is -8.68. The molecule has 32 heteroatoms. The molecule has 0 fully saturated rings. The van der Waals surface area contributed by atoms with Gasteiger partial charge in [-0.1, -0.05) is 73.4 Å². The van der Waals surface area contributed by atoms with E-state index in [1.807, 2.05) is 0 Å². The van der Waals surface area contributed by atoms with Crippen molar-refractivity contribution in [3.05, 3.63) is 29.8 Å². The molecule has 1 unspecified atom stereocenters. The van der Waals surface area contributed by atoms with Crippen LogP contribution in [0.25, 0.3) is 0 Å². The van der Waals surface area contributed by atoms with Crippen LogP contribution in [0.2, 0.25) is 0 Å². The quantitative estimate of drug-likeness (QED) is 0.0166. The summed E-state index contributed by atoms with van der Waals surface area (Å²) >= 11 is 0. The minimum absolute atomic E-state index is 0.0200. The van der Waals surface area contributed by atoms with E-state index in [1.54, 1.807) is 41.5 Å². The number of primary amides is 2. The molecule has 0 heterocycles. The second-order valence-corrected chi connectivity index (χ2v) is 20.7. The van der Waals surface area contributed by atoms with Gasteiger partial charge in [0.2, 0.25) is 65.0 Å². The molecule has 0 aliphatic carbocycles. The lowest BCUT2D eigenvalue weighted by atomic mass is 9.92. The number of guanidine groups is 1. The molecule has 0 spiro atoms. The number of aliphatic hydroxyl groups is 1. The number of aliphatic imine (C=N–C) groups is 1. The van der Waals surface area contributed by atoms with Crippen molar-refractivity contribution in [2.45, 2.75) is 167 Å². The van der Waals surface area contributed by atoms with Gasteiger partial charge in [-0.3, -0.25) is 62.5 Å². The predicted molar refractivity (Wildman–Crippen MR) is 300 cm³/mol. The van der Waals surface area contributed by atoms with E-state index in [9.17, 15) is 77.6 Å². The Labute approximate surface area is 485 Å². The molecule has 0 aromatic heterocycles. The fraction of sp³-hybridized carbons (Fsp3) is 0.615. The molecule has 470 valence electrons. The predicted octanol–water partition coefficient (Wildman–Crippen LogP) is -5.30. The Morgan fingerprint density at radius 1 is 0.548 bits per heavy atom. The summed E-state index contributed by atoms with van der Waals surface area (Å²) in [6.07, 6.45) is -2.18. The molecule has 0 aliphatic rings. The monoisotopic (exact) mass is 1190 g/mol. The molecule has 0 saturated heterocycles. The summed E-state index contributed by atoms with van der Waals surface area (Å²) in [5.74, 6) is -16.8. The number of aromatic hydroxyl groups is 1. The number of carboxylic acid groups (broad SMARTS) is 2. The van der Waals surface area contributed by atoms with Crippen molar-refractivity contribution < 1.29 is 82.8 Å². The van der Waals surface area contributed by atoms with E-state index < -0.39 is 188 Å². The van der Waals surface area contributed by atoms with Crippen LogP contribution in [0.1, 0.15) is 118 Å². The minimum Gasteiger partial charge on any atom is -0.508 e. The van der Waals surface area contributed by atoms with Crippen LogP contribution in [0.4, 0.5) is 0 Å². The highest BCUT2D eigenvalue weighted by Crippen LogP contribution is 2.23. The molecule has 23 N–H and O–H groups in total. The third kappa shape index (κ3) is 26.5. The molecule has 0 aliphatic heterocycles. The molecule has 1 aromatic carbocycles. The van der Waals surface area contributed by atoms with Gasteiger partial charge in [-0.15, -0.1) is 0 Å². The fourth-order valence-electron chi connectivity index (χ4n) is 8.05. The number of phenolic OH excluding ortho intramolecular Hbond substituents is 1. The number of aliphatic carboxylic acids is 2. The first-order valence-corrected chi connectivity index (χ1v) is 27.2. The van der Waals surface area contributed by atoms with Crippen LogP contribution in [0.15, 0.2) is 29.3 Å². The third-order valence-corrected chi connectivity index (χ3v) is 13.3. The Bertz CT molecular complexity index is 2490. The number of amides is 11. The van der Waals surface area contributed by atoms with E-state index in [1.165, 1.54) is 31.2 Å². The number of hydrogen-bond donors (Lipinski definition) is 18. The van der Waals surface area contributed by atoms with Gasteiger partial charge >= 0.3 is 11.9 Å². The SMILES string of the molecule is CC[C@H](C)[C@H](NC(=O)CNC(=O)[C@@H](NC(=O)[C@@H](N)CC(=O)O)C(C)c1ccc(O)cc1)C(=O)N[C@@H](CC(C)C)C(=O)N[C@@H](CCC(N)=O)C(=O)N[C@H](C(=O)N[C@@H](CC(N)=O)C(=O)N[C@@H](CO)C(=O)N[C@@H](CCCN=C(N)N)C(=O)O)[C@@H](C)CC. The van der Waals surface area contributed by atoms with Gasteiger partial charge in [0.25, 0.3) is 0 Å². The lowest BCUT2D eigenvalue weighted by Crippen LogP contribution is -2.62. The summed E-state index contributed by atoms with van der Waals surface area (Å²) in [5.41, 5.74) is 27.6. The maximum Gasteiger partial charge on any atom is 0.326 e. The van der Waals surface area contributed by atoms with Gasteiger partial charge in [0.1, 0.15) is 54.1 Å². The molecule has 12 atom stereocenters. The number of nitrogens with zero attached hydrogens (tertiary/aromatic N) is 1. The normalized spacial score (nSPS) is 15.3. The highest BCUT2D eigenvalue weighted by Gasteiger charge is 2.37. The van der Waals surface area contributed by atoms with Crippen molar-refractivity contribution in [2.24, 2.45) is 51.4 Å². The Kier molecular flexibility index (Phi) is 32.1. The van der Waals surface area contributed by atoms with Gasteiger partial charge in [-0.25, -0.2) is 4.79 Å². The second kappa shape index (κ2) is 36.7. The molecule has 84 heavy (non-hydrogen) atoms. The highest BCUT2D eigenvalue weighted by atomic mass is 16.4. The Balaban J connectivity index is 3.43. The van der Waals surface area contributed by atoms with E-state index in [4.69, 9.17) is 33.8 Å². The maximum atomic E-state index is 14.2. The summed E-state index contributed by atoms with van der Waals surface area (Å²) in [5, 5.41) is 60.2. The number of phenols is 1. The zero-order valence-corrected chi connectivity index (χ0v) is 48.2. The summed E-state index contributed by atoms with van der Waals surface area (Å²) in [7, 11) is 0. The topological polar surface area (TPSA) is 554 Å². The van der Waals surface area contributed by atoms with E-state index in [2.05, 4.69) is 52.8 Å². The number of benzene rings is 1. The average Bonchev–Trinajstić information content (AvgIpc) is 3.63. The van der Waals surface area contributed by atoms with Crippen LogP contribution in [-0.2, 0) is 62.3 Å². The van der Waals surface area contributed by atoms with Crippen molar-refractivity contribution in [2.75, 3.05) is 19.7 Å². The number of carbonyl (C=O) groups excluding carboxylic acids is 11. The van der Waals surface area contributed by atoms with Crippen LogP contribution in [0, 0.1) is 17.8 Å². The molecule has 1 aromatic rings. The first-order valence-electron chi connectivity index (χ1n) is 27.2. The van der Waals surface area contributed by atoms with Gasteiger partial charge in [-0.2, -0.15) is 0 Å². The van der Waals surface area contributed by atoms with E-state index in [-0.39, 0.29) is 49.9 Å². The maximum absolute atomic E-state index is 14.2. The first kappa shape index (κ1) is 73.3. The van der Waals surface area contributed by atoms with Crippen LogP contribution < -0.4 is 76.5 Å². The van der Waals surface area contributed by atoms with Crippen molar-refractivity contribution in [1.82, 2.24) is 47.9 Å². The van der Waals surface area contributed by atoms with Gasteiger partial charge < -0.3 is 96.9 Å². The van der Waals surface area contributed by atoms with E-state index in [0.717, 1.165) is 0 Å². The van der Waals surface area contributed by atoms with Crippen molar-refractivity contribution in [1.29, 1.82) is 0 Å². The van der Waals surface area contributed by atoms with Gasteiger partial charge in [0.05, 0.1) is 32.0 Å². The zero-order valence-electron chi connectivity index (χ0n) is 48.2. The summed E-state index contributed by atoms with van der Waals surface area (Å²) < 4.78 is 0. The molecule has 0 bridgehead atoms. The Morgan fingerprint density at radius 2 is 1.04 bits per heavy atom. The minimum atomic E-state index is -1.85. The third-order valence-electron chi connectivity index (χ3n) is 13.3. The molecular weight excluding hydrogens is 1110 g/mol. The summed E-state index contributed by atoms with van der Waals surface area (Å²) in [6.45, 7) is 9.67. The largest absolute Gasteiger partial charge is 0.508 e. The van der Waals surface area contributed by atoms with Crippen LogP contribution in [0.3, 0.4) is 0 Å². The number of nitrogens with one attached hydrogen (secondary N) is 9. The van der Waals surface area contributed by atoms with Crippen molar-refractivity contribution >= 4 is 82.9 Å². The highest BCUT2D eigenvalue weighted by molar-refractivity contribution is 5.99. The smallest absolute Gasteiger partial charge is 0.326 e. The molecule has 11 amide bonds. The van der Waals surface area contributed by atoms with Crippen LogP contribution in [0.5, 0.6) is 5.75 Å². The lowest BCUT2D eigenvalue weighted by Gasteiger charge is -2.30. The first-order chi connectivity index (χ1) is 39.3. The molecule has 0 radical (unpaired) electrons. The molecule has 0 saturated carbocycles. The molecule has 1 rings (SSSR count). The Morgan fingerprint density at radius 3 is 1.54 bits per heavy atom. The number of rotatable bonds is 39. The number of carboxylic acids is 2. The fourth-order valence-corrected chi connectivity index (χ4v) is 8.05. The van der Waals surface area contributed by atoms with Gasteiger partial charge in [0, 0.05) is 18.9 Å². The average molecular weight is 1190 g/mol. The van der Waals surface area contributed by atoms with Crippen molar-refractivity contribution in [3.8, 4) is 5.75 Å². The molecular formula is C52H85N15O17. The number of nitrogens with two attached hydrogens (primary N) is 5. The van der Waals surface area contributed by atoms with Crippen LogP contribution >= 0.6 is 0 Å².